The van der Waals surface area contributed by atoms with Gasteiger partial charge in [-0.25, -0.2) is 4.79 Å². The molecular formula is C13H11Cl2NO4. The topological polar surface area (TPSA) is 83.5 Å². The van der Waals surface area contributed by atoms with Crippen molar-refractivity contribution in [1.29, 1.82) is 0 Å². The standard InChI is InChI=1S/C13H11Cl2NO4/c1-6(17)10(7(2)18)5-16-11-4-8(14)3-9(12(11)15)13(19)20/h3-5,16H,1-2H3,(H,19,20). The van der Waals surface area contributed by atoms with Crippen molar-refractivity contribution in [2.24, 2.45) is 0 Å². The molecule has 2 N–H and O–H groups in total. The zero-order valence-electron chi connectivity index (χ0n) is 10.7. The lowest BCUT2D eigenvalue weighted by molar-refractivity contribution is -0.119. The number of benzene rings is 1. The summed E-state index contributed by atoms with van der Waals surface area (Å²) < 4.78 is 0. The Labute approximate surface area is 125 Å². The zero-order valence-corrected chi connectivity index (χ0v) is 12.2. The van der Waals surface area contributed by atoms with Crippen LogP contribution in [-0.2, 0) is 9.59 Å². The number of hydrogen-bond donors (Lipinski definition) is 2. The molecule has 0 unspecified atom stereocenters. The normalized spacial score (nSPS) is 9.80. The van der Waals surface area contributed by atoms with E-state index in [1.54, 1.807) is 0 Å². The number of carboxylic acid groups (broad SMARTS) is 1. The molecule has 0 heterocycles. The van der Waals surface area contributed by atoms with Crippen molar-refractivity contribution in [3.63, 3.8) is 0 Å². The highest BCUT2D eigenvalue weighted by atomic mass is 35.5. The van der Waals surface area contributed by atoms with Crippen LogP contribution in [0.1, 0.15) is 24.2 Å². The lowest BCUT2D eigenvalue weighted by Crippen LogP contribution is -2.09. The van der Waals surface area contributed by atoms with Gasteiger partial charge in [-0.05, 0) is 26.0 Å². The summed E-state index contributed by atoms with van der Waals surface area (Å²) in [4.78, 5) is 33.5. The van der Waals surface area contributed by atoms with Crippen molar-refractivity contribution in [2.75, 3.05) is 5.32 Å². The third-order valence-corrected chi connectivity index (χ3v) is 3.02. The summed E-state index contributed by atoms with van der Waals surface area (Å²) >= 11 is 11.7. The third-order valence-electron chi connectivity index (χ3n) is 2.40. The lowest BCUT2D eigenvalue weighted by Gasteiger charge is -2.09. The van der Waals surface area contributed by atoms with Gasteiger partial charge in [0.1, 0.15) is 0 Å². The molecule has 0 aromatic heterocycles. The van der Waals surface area contributed by atoms with E-state index in [9.17, 15) is 14.4 Å². The molecule has 0 spiro atoms. The van der Waals surface area contributed by atoms with Crippen LogP contribution in [0.5, 0.6) is 0 Å². The maximum Gasteiger partial charge on any atom is 0.337 e. The van der Waals surface area contributed by atoms with E-state index in [1.807, 2.05) is 0 Å². The molecule has 0 atom stereocenters. The van der Waals surface area contributed by atoms with Crippen LogP contribution in [0, 0.1) is 0 Å². The number of carbonyl (C=O) groups is 3. The Morgan fingerprint density at radius 1 is 1.15 bits per heavy atom. The molecule has 0 saturated carbocycles. The first-order valence-corrected chi connectivity index (χ1v) is 6.20. The summed E-state index contributed by atoms with van der Waals surface area (Å²) in [5.74, 6) is -2.06. The number of hydrogen-bond acceptors (Lipinski definition) is 4. The SMILES string of the molecule is CC(=O)C(=CNc1cc(Cl)cc(C(=O)O)c1Cl)C(C)=O. The number of Topliss-reactive ketones (excluding diaryl/α,β-unsaturated/α-hetero) is 2. The van der Waals surface area contributed by atoms with E-state index in [2.05, 4.69) is 5.32 Å². The second-order valence-electron chi connectivity index (χ2n) is 3.93. The number of halogens is 2. The quantitative estimate of drug-likeness (QED) is 0.495. The van der Waals surface area contributed by atoms with E-state index in [0.717, 1.165) is 0 Å². The molecule has 5 nitrogen and oxygen atoms in total. The summed E-state index contributed by atoms with van der Waals surface area (Å²) in [6.07, 6.45) is 1.17. The van der Waals surface area contributed by atoms with Gasteiger partial charge in [0.25, 0.3) is 0 Å². The van der Waals surface area contributed by atoms with Crippen LogP contribution in [-0.4, -0.2) is 22.6 Å². The molecule has 20 heavy (non-hydrogen) atoms. The first-order chi connectivity index (χ1) is 9.23. The van der Waals surface area contributed by atoms with Gasteiger partial charge in [0.05, 0.1) is 21.8 Å². The fourth-order valence-electron chi connectivity index (χ4n) is 1.45. The molecule has 1 rings (SSSR count). The van der Waals surface area contributed by atoms with E-state index in [4.69, 9.17) is 28.3 Å². The molecule has 0 aliphatic carbocycles. The predicted octanol–water partition coefficient (Wildman–Crippen LogP) is 3.17. The highest BCUT2D eigenvalue weighted by Gasteiger charge is 2.15. The Hall–Kier alpha value is -1.85. The molecule has 1 aromatic rings. The van der Waals surface area contributed by atoms with Gasteiger partial charge in [0.15, 0.2) is 11.6 Å². The second kappa shape index (κ2) is 6.54. The van der Waals surface area contributed by atoms with Crippen molar-refractivity contribution in [1.82, 2.24) is 0 Å². The van der Waals surface area contributed by atoms with Gasteiger partial charge < -0.3 is 10.4 Å². The van der Waals surface area contributed by atoms with Gasteiger partial charge in [-0.1, -0.05) is 23.2 Å². The van der Waals surface area contributed by atoms with Crippen LogP contribution in [0.3, 0.4) is 0 Å². The molecule has 7 heteroatoms. The summed E-state index contributed by atoms with van der Waals surface area (Å²) in [7, 11) is 0. The minimum atomic E-state index is -1.23. The maximum absolute atomic E-state index is 11.3. The van der Waals surface area contributed by atoms with Gasteiger partial charge in [-0.15, -0.1) is 0 Å². The average Bonchev–Trinajstić information content (AvgIpc) is 2.31. The van der Waals surface area contributed by atoms with Crippen molar-refractivity contribution >= 4 is 46.4 Å². The number of rotatable bonds is 5. The molecule has 106 valence electrons. The van der Waals surface area contributed by atoms with Crippen LogP contribution in [0.2, 0.25) is 10.0 Å². The highest BCUT2D eigenvalue weighted by Crippen LogP contribution is 2.30. The summed E-state index contributed by atoms with van der Waals surface area (Å²) in [6, 6.07) is 2.60. The molecular weight excluding hydrogens is 305 g/mol. The monoisotopic (exact) mass is 315 g/mol. The van der Waals surface area contributed by atoms with Crippen LogP contribution in [0.25, 0.3) is 0 Å². The van der Waals surface area contributed by atoms with Crippen molar-refractivity contribution < 1.29 is 19.5 Å². The summed E-state index contributed by atoms with van der Waals surface area (Å²) in [5, 5.41) is 11.7. The van der Waals surface area contributed by atoms with Crippen molar-refractivity contribution in [3.8, 4) is 0 Å². The smallest absolute Gasteiger partial charge is 0.337 e. The molecule has 1 aromatic carbocycles. The molecule has 0 aliphatic rings. The Kier molecular flexibility index (Phi) is 5.30. The molecule has 0 fully saturated rings. The van der Waals surface area contributed by atoms with E-state index >= 15 is 0 Å². The van der Waals surface area contributed by atoms with E-state index < -0.39 is 17.5 Å². The second-order valence-corrected chi connectivity index (χ2v) is 4.75. The summed E-state index contributed by atoms with van der Waals surface area (Å²) in [5.41, 5.74) is -0.0447. The van der Waals surface area contributed by atoms with Crippen molar-refractivity contribution in [2.45, 2.75) is 13.8 Å². The third kappa shape index (κ3) is 3.82. The molecule has 0 aliphatic heterocycles. The zero-order chi connectivity index (χ0) is 15.4. The van der Waals surface area contributed by atoms with E-state index in [1.165, 1.54) is 32.2 Å². The Bertz CT molecular complexity index is 607. The van der Waals surface area contributed by atoms with Gasteiger partial charge >= 0.3 is 5.97 Å². The van der Waals surface area contributed by atoms with Crippen LogP contribution in [0.15, 0.2) is 23.9 Å². The molecule has 0 amide bonds. The largest absolute Gasteiger partial charge is 0.478 e. The number of carbonyl (C=O) groups excluding carboxylic acids is 2. The van der Waals surface area contributed by atoms with Crippen molar-refractivity contribution in [3.05, 3.63) is 39.5 Å². The number of aromatic carboxylic acids is 1. The maximum atomic E-state index is 11.3. The lowest BCUT2D eigenvalue weighted by atomic mass is 10.1. The Morgan fingerprint density at radius 2 is 1.70 bits per heavy atom. The minimum Gasteiger partial charge on any atom is -0.478 e. The fraction of sp³-hybridized carbons (Fsp3) is 0.154. The Morgan fingerprint density at radius 3 is 2.15 bits per heavy atom. The number of carboxylic acids is 1. The van der Waals surface area contributed by atoms with E-state index in [0.29, 0.717) is 0 Å². The first-order valence-electron chi connectivity index (χ1n) is 5.45. The van der Waals surface area contributed by atoms with Crippen LogP contribution >= 0.6 is 23.2 Å². The minimum absolute atomic E-state index is 0.0575. The van der Waals surface area contributed by atoms with Gasteiger partial charge in [0, 0.05) is 11.2 Å². The number of allylic oxidation sites excluding steroid dienone is 1. The highest BCUT2D eigenvalue weighted by molar-refractivity contribution is 6.38. The molecule has 0 radical (unpaired) electrons. The Balaban J connectivity index is 3.22. The fourth-order valence-corrected chi connectivity index (χ4v) is 1.91. The predicted molar refractivity (Wildman–Crippen MR) is 76.5 cm³/mol. The van der Waals surface area contributed by atoms with Crippen LogP contribution in [0.4, 0.5) is 5.69 Å². The average molecular weight is 316 g/mol. The number of nitrogens with one attached hydrogen (secondary N) is 1. The van der Waals surface area contributed by atoms with Gasteiger partial charge in [-0.2, -0.15) is 0 Å². The van der Waals surface area contributed by atoms with Crippen LogP contribution < -0.4 is 5.32 Å². The van der Waals surface area contributed by atoms with Gasteiger partial charge in [0.2, 0.25) is 0 Å². The van der Waals surface area contributed by atoms with Gasteiger partial charge in [-0.3, -0.25) is 9.59 Å². The summed E-state index contributed by atoms with van der Waals surface area (Å²) in [6.45, 7) is 2.49. The first kappa shape index (κ1) is 16.2. The molecule has 0 bridgehead atoms. The number of anilines is 1. The number of ketones is 2. The molecule has 0 saturated heterocycles. The van der Waals surface area contributed by atoms with E-state index in [-0.39, 0.29) is 26.9 Å².